The van der Waals surface area contributed by atoms with Gasteiger partial charge in [-0.15, -0.1) is 0 Å². The van der Waals surface area contributed by atoms with Crippen LogP contribution >= 0.6 is 0 Å². The number of nitrogens with one attached hydrogen (secondary N) is 1. The lowest BCUT2D eigenvalue weighted by molar-refractivity contribution is 0.825. The van der Waals surface area contributed by atoms with Crippen molar-refractivity contribution in [1.82, 2.24) is 20.2 Å². The molecule has 84 valence electrons. The van der Waals surface area contributed by atoms with Crippen LogP contribution in [0.3, 0.4) is 0 Å². The summed E-state index contributed by atoms with van der Waals surface area (Å²) in [6.07, 6.45) is 7.03. The standard InChI is InChI=1S/C12H11N5/c13-12(8-2-1-3-14-5-8)10-4-9-6-16-17-11(9)7-15-10/h1-7,12H,13H2,(H,16,17). The fourth-order valence-electron chi connectivity index (χ4n) is 1.76. The van der Waals surface area contributed by atoms with E-state index < -0.39 is 0 Å². The average Bonchev–Trinajstić information content (AvgIpc) is 2.86. The molecule has 0 aliphatic rings. The number of hydrogen-bond donors (Lipinski definition) is 2. The number of aromatic nitrogens is 4. The van der Waals surface area contributed by atoms with E-state index in [1.807, 2.05) is 24.4 Å². The summed E-state index contributed by atoms with van der Waals surface area (Å²) in [6.45, 7) is 0. The Kier molecular flexibility index (Phi) is 2.31. The molecule has 0 aromatic carbocycles. The van der Waals surface area contributed by atoms with Gasteiger partial charge in [0.1, 0.15) is 5.52 Å². The Hall–Kier alpha value is -2.27. The number of pyridine rings is 2. The first-order valence-electron chi connectivity index (χ1n) is 5.29. The molecule has 5 nitrogen and oxygen atoms in total. The van der Waals surface area contributed by atoms with Gasteiger partial charge in [0.2, 0.25) is 0 Å². The highest BCUT2D eigenvalue weighted by Gasteiger charge is 2.11. The Morgan fingerprint density at radius 1 is 1.29 bits per heavy atom. The average molecular weight is 225 g/mol. The molecule has 3 N–H and O–H groups in total. The van der Waals surface area contributed by atoms with Crippen LogP contribution in [0.15, 0.2) is 43.0 Å². The minimum Gasteiger partial charge on any atom is -0.319 e. The highest BCUT2D eigenvalue weighted by atomic mass is 15.1. The lowest BCUT2D eigenvalue weighted by Gasteiger charge is -2.10. The van der Waals surface area contributed by atoms with Gasteiger partial charge in [0.25, 0.3) is 0 Å². The molecule has 0 aliphatic carbocycles. The van der Waals surface area contributed by atoms with Gasteiger partial charge >= 0.3 is 0 Å². The van der Waals surface area contributed by atoms with Crippen LogP contribution in [0.1, 0.15) is 17.3 Å². The summed E-state index contributed by atoms with van der Waals surface area (Å²) < 4.78 is 0. The van der Waals surface area contributed by atoms with Crippen LogP contribution < -0.4 is 5.73 Å². The Morgan fingerprint density at radius 2 is 2.24 bits per heavy atom. The molecule has 3 aromatic rings. The van der Waals surface area contributed by atoms with E-state index in [4.69, 9.17) is 5.73 Å². The Labute approximate surface area is 97.7 Å². The maximum Gasteiger partial charge on any atom is 0.110 e. The first kappa shape index (κ1) is 9.92. The van der Waals surface area contributed by atoms with Crippen molar-refractivity contribution >= 4 is 10.9 Å². The second-order valence-corrected chi connectivity index (χ2v) is 3.82. The number of hydrogen-bond acceptors (Lipinski definition) is 4. The van der Waals surface area contributed by atoms with Crippen molar-refractivity contribution in [3.8, 4) is 0 Å². The molecule has 0 saturated carbocycles. The normalized spacial score (nSPS) is 12.8. The number of nitrogens with zero attached hydrogens (tertiary/aromatic N) is 3. The van der Waals surface area contributed by atoms with E-state index in [1.54, 1.807) is 18.6 Å². The molecule has 0 amide bonds. The van der Waals surface area contributed by atoms with Gasteiger partial charge in [-0.1, -0.05) is 6.07 Å². The molecular weight excluding hydrogens is 214 g/mol. The van der Waals surface area contributed by atoms with Crippen LogP contribution in [-0.2, 0) is 0 Å². The van der Waals surface area contributed by atoms with Gasteiger partial charge < -0.3 is 5.73 Å². The van der Waals surface area contributed by atoms with Crippen LogP contribution in [0, 0.1) is 0 Å². The van der Waals surface area contributed by atoms with Gasteiger partial charge in [-0.25, -0.2) is 0 Å². The van der Waals surface area contributed by atoms with E-state index in [2.05, 4.69) is 20.2 Å². The topological polar surface area (TPSA) is 80.5 Å². The number of fused-ring (bicyclic) bond motifs is 1. The molecule has 0 fully saturated rings. The molecule has 3 aromatic heterocycles. The number of nitrogens with two attached hydrogens (primary N) is 1. The minimum absolute atomic E-state index is 0.261. The van der Waals surface area contributed by atoms with Crippen molar-refractivity contribution in [3.05, 3.63) is 54.2 Å². The van der Waals surface area contributed by atoms with Crippen LogP contribution in [-0.4, -0.2) is 20.2 Å². The van der Waals surface area contributed by atoms with Gasteiger partial charge in [-0.2, -0.15) is 5.10 Å². The van der Waals surface area contributed by atoms with E-state index in [0.717, 1.165) is 22.2 Å². The summed E-state index contributed by atoms with van der Waals surface area (Å²) in [7, 11) is 0. The predicted molar refractivity (Wildman–Crippen MR) is 64.2 cm³/mol. The largest absolute Gasteiger partial charge is 0.319 e. The maximum atomic E-state index is 6.14. The highest BCUT2D eigenvalue weighted by Crippen LogP contribution is 2.19. The quantitative estimate of drug-likeness (QED) is 0.690. The summed E-state index contributed by atoms with van der Waals surface area (Å²) in [5.41, 5.74) is 8.74. The van der Waals surface area contributed by atoms with Crippen molar-refractivity contribution in [2.24, 2.45) is 5.73 Å². The molecule has 0 radical (unpaired) electrons. The summed E-state index contributed by atoms with van der Waals surface area (Å²) in [6, 6.07) is 5.49. The molecular formula is C12H11N5. The molecule has 0 aliphatic heterocycles. The van der Waals surface area contributed by atoms with Gasteiger partial charge in [0, 0.05) is 24.0 Å². The first-order chi connectivity index (χ1) is 8.34. The second-order valence-electron chi connectivity index (χ2n) is 3.82. The zero-order valence-electron chi connectivity index (χ0n) is 9.04. The maximum absolute atomic E-state index is 6.14. The Morgan fingerprint density at radius 3 is 3.06 bits per heavy atom. The van der Waals surface area contributed by atoms with Crippen molar-refractivity contribution in [3.63, 3.8) is 0 Å². The second kappa shape index (κ2) is 3.95. The molecule has 0 bridgehead atoms. The molecule has 5 heteroatoms. The van der Waals surface area contributed by atoms with Crippen molar-refractivity contribution < 1.29 is 0 Å². The predicted octanol–water partition coefficient (Wildman–Crippen LogP) is 1.40. The van der Waals surface area contributed by atoms with Crippen molar-refractivity contribution in [2.45, 2.75) is 6.04 Å². The van der Waals surface area contributed by atoms with Crippen molar-refractivity contribution in [2.75, 3.05) is 0 Å². The summed E-state index contributed by atoms with van der Waals surface area (Å²) in [5, 5.41) is 7.86. The van der Waals surface area contributed by atoms with E-state index in [0.29, 0.717) is 0 Å². The molecule has 17 heavy (non-hydrogen) atoms. The van der Waals surface area contributed by atoms with Crippen LogP contribution in [0.5, 0.6) is 0 Å². The van der Waals surface area contributed by atoms with E-state index in [-0.39, 0.29) is 6.04 Å². The Bertz CT molecular complexity index is 631. The van der Waals surface area contributed by atoms with Gasteiger partial charge in [0.15, 0.2) is 0 Å². The molecule has 1 unspecified atom stereocenters. The van der Waals surface area contributed by atoms with E-state index in [1.165, 1.54) is 0 Å². The van der Waals surface area contributed by atoms with E-state index >= 15 is 0 Å². The zero-order chi connectivity index (χ0) is 11.7. The van der Waals surface area contributed by atoms with Crippen LogP contribution in [0.2, 0.25) is 0 Å². The lowest BCUT2D eigenvalue weighted by Crippen LogP contribution is -2.13. The smallest absolute Gasteiger partial charge is 0.110 e. The fourth-order valence-corrected chi connectivity index (χ4v) is 1.76. The SMILES string of the molecule is NC(c1cccnc1)c1cc2c[nH]nc2cn1. The zero-order valence-corrected chi connectivity index (χ0v) is 9.04. The summed E-state index contributed by atoms with van der Waals surface area (Å²) >= 11 is 0. The molecule has 3 rings (SSSR count). The van der Waals surface area contributed by atoms with Crippen molar-refractivity contribution in [1.29, 1.82) is 0 Å². The molecule has 0 spiro atoms. The number of aromatic amines is 1. The summed E-state index contributed by atoms with van der Waals surface area (Å²) in [5.74, 6) is 0. The highest BCUT2D eigenvalue weighted by molar-refractivity contribution is 5.77. The number of rotatable bonds is 2. The van der Waals surface area contributed by atoms with Crippen LogP contribution in [0.25, 0.3) is 10.9 Å². The first-order valence-corrected chi connectivity index (χ1v) is 5.29. The lowest BCUT2D eigenvalue weighted by atomic mass is 10.1. The summed E-state index contributed by atoms with van der Waals surface area (Å²) in [4.78, 5) is 8.38. The van der Waals surface area contributed by atoms with Gasteiger partial charge in [0.05, 0.1) is 17.9 Å². The minimum atomic E-state index is -0.261. The van der Waals surface area contributed by atoms with Gasteiger partial charge in [-0.3, -0.25) is 15.1 Å². The van der Waals surface area contributed by atoms with Crippen LogP contribution in [0.4, 0.5) is 0 Å². The third-order valence-electron chi connectivity index (χ3n) is 2.70. The molecule has 0 saturated heterocycles. The molecule has 3 heterocycles. The Balaban J connectivity index is 2.03. The number of H-pyrrole nitrogens is 1. The fraction of sp³-hybridized carbons (Fsp3) is 0.0833. The van der Waals surface area contributed by atoms with Gasteiger partial charge in [-0.05, 0) is 17.7 Å². The monoisotopic (exact) mass is 225 g/mol. The third-order valence-corrected chi connectivity index (χ3v) is 2.70. The molecule has 1 atom stereocenters. The third kappa shape index (κ3) is 1.76. The van der Waals surface area contributed by atoms with E-state index in [9.17, 15) is 0 Å².